The van der Waals surface area contributed by atoms with Crippen LogP contribution in [0.15, 0.2) is 0 Å². The van der Waals surface area contributed by atoms with Crippen LogP contribution in [-0.2, 0) is 4.79 Å². The van der Waals surface area contributed by atoms with Gasteiger partial charge in [-0.05, 0) is 30.6 Å². The molecule has 0 spiro atoms. The van der Waals surface area contributed by atoms with Crippen molar-refractivity contribution in [1.82, 2.24) is 4.90 Å². The maximum Gasteiger partial charge on any atom is 0.239 e. The summed E-state index contributed by atoms with van der Waals surface area (Å²) in [4.78, 5) is 13.9. The highest BCUT2D eigenvalue weighted by Crippen LogP contribution is 2.34. The molecule has 0 aromatic carbocycles. The molecule has 0 bridgehead atoms. The van der Waals surface area contributed by atoms with E-state index in [-0.39, 0.29) is 11.9 Å². The van der Waals surface area contributed by atoms with Gasteiger partial charge in [-0.2, -0.15) is 0 Å². The first kappa shape index (κ1) is 9.97. The molecule has 80 valence electrons. The fourth-order valence-corrected chi connectivity index (χ4v) is 2.17. The molecule has 1 aliphatic carbocycles. The van der Waals surface area contributed by atoms with Crippen LogP contribution in [-0.4, -0.2) is 29.9 Å². The van der Waals surface area contributed by atoms with Crippen molar-refractivity contribution in [3.05, 3.63) is 0 Å². The van der Waals surface area contributed by atoms with Gasteiger partial charge in [0.15, 0.2) is 0 Å². The van der Waals surface area contributed by atoms with Crippen LogP contribution in [0.2, 0.25) is 0 Å². The standard InChI is InChI=1S/C11H20N2O/c1-11(2)5-6-13(7-11)10(14)9(12)8-3-4-8/h8-9H,3-7,12H2,1-2H3/t9-/m0/s1. The molecule has 1 saturated carbocycles. The molecule has 2 aliphatic rings. The number of hydrogen-bond donors (Lipinski definition) is 1. The fraction of sp³-hybridized carbons (Fsp3) is 0.909. The Hall–Kier alpha value is -0.570. The van der Waals surface area contributed by atoms with Crippen molar-refractivity contribution in [1.29, 1.82) is 0 Å². The zero-order valence-electron chi connectivity index (χ0n) is 9.12. The van der Waals surface area contributed by atoms with Crippen molar-refractivity contribution in [2.45, 2.75) is 39.2 Å². The summed E-state index contributed by atoms with van der Waals surface area (Å²) in [5.41, 5.74) is 6.19. The Morgan fingerprint density at radius 3 is 2.57 bits per heavy atom. The van der Waals surface area contributed by atoms with Gasteiger partial charge in [0.1, 0.15) is 0 Å². The predicted octanol–water partition coefficient (Wildman–Crippen LogP) is 0.982. The smallest absolute Gasteiger partial charge is 0.239 e. The van der Waals surface area contributed by atoms with Gasteiger partial charge < -0.3 is 10.6 Å². The number of hydrogen-bond acceptors (Lipinski definition) is 2. The van der Waals surface area contributed by atoms with Crippen molar-refractivity contribution in [2.75, 3.05) is 13.1 Å². The SMILES string of the molecule is CC1(C)CCN(C(=O)[C@@H](N)C2CC2)C1. The second-order valence-corrected chi connectivity index (χ2v) is 5.54. The van der Waals surface area contributed by atoms with Gasteiger partial charge in [0.25, 0.3) is 0 Å². The van der Waals surface area contributed by atoms with Gasteiger partial charge in [-0.15, -0.1) is 0 Å². The molecule has 0 radical (unpaired) electrons. The third-order valence-corrected chi connectivity index (χ3v) is 3.40. The van der Waals surface area contributed by atoms with E-state index in [0.717, 1.165) is 32.4 Å². The molecule has 1 aliphatic heterocycles. The van der Waals surface area contributed by atoms with Gasteiger partial charge in [-0.1, -0.05) is 13.8 Å². The van der Waals surface area contributed by atoms with Crippen molar-refractivity contribution >= 4 is 5.91 Å². The lowest BCUT2D eigenvalue weighted by molar-refractivity contribution is -0.132. The summed E-state index contributed by atoms with van der Waals surface area (Å²) in [7, 11) is 0. The zero-order chi connectivity index (χ0) is 10.3. The van der Waals surface area contributed by atoms with Crippen LogP contribution < -0.4 is 5.73 Å². The molecule has 1 saturated heterocycles. The first-order valence-corrected chi connectivity index (χ1v) is 5.54. The maximum absolute atomic E-state index is 11.9. The highest BCUT2D eigenvalue weighted by Gasteiger charge is 2.39. The van der Waals surface area contributed by atoms with Crippen LogP contribution in [0.3, 0.4) is 0 Å². The van der Waals surface area contributed by atoms with Crippen molar-refractivity contribution < 1.29 is 4.79 Å². The molecule has 2 fully saturated rings. The monoisotopic (exact) mass is 196 g/mol. The molecule has 3 heteroatoms. The minimum Gasteiger partial charge on any atom is -0.341 e. The number of amides is 1. The summed E-state index contributed by atoms with van der Waals surface area (Å²) in [5, 5.41) is 0. The lowest BCUT2D eigenvalue weighted by atomic mass is 9.93. The summed E-state index contributed by atoms with van der Waals surface area (Å²) >= 11 is 0. The van der Waals surface area contributed by atoms with E-state index in [9.17, 15) is 4.79 Å². The molecule has 3 nitrogen and oxygen atoms in total. The molecular weight excluding hydrogens is 176 g/mol. The minimum absolute atomic E-state index is 0.179. The van der Waals surface area contributed by atoms with E-state index >= 15 is 0 Å². The molecule has 14 heavy (non-hydrogen) atoms. The lowest BCUT2D eigenvalue weighted by Crippen LogP contribution is -2.44. The van der Waals surface area contributed by atoms with E-state index in [1.54, 1.807) is 0 Å². The lowest BCUT2D eigenvalue weighted by Gasteiger charge is -2.22. The van der Waals surface area contributed by atoms with E-state index < -0.39 is 0 Å². The minimum atomic E-state index is -0.219. The highest BCUT2D eigenvalue weighted by molar-refractivity contribution is 5.82. The number of nitrogens with two attached hydrogens (primary N) is 1. The van der Waals surface area contributed by atoms with E-state index in [4.69, 9.17) is 5.73 Å². The van der Waals surface area contributed by atoms with E-state index in [0.29, 0.717) is 11.3 Å². The quantitative estimate of drug-likeness (QED) is 0.715. The topological polar surface area (TPSA) is 46.3 Å². The van der Waals surface area contributed by atoms with E-state index in [1.807, 2.05) is 4.90 Å². The summed E-state index contributed by atoms with van der Waals surface area (Å²) < 4.78 is 0. The van der Waals surface area contributed by atoms with Crippen LogP contribution in [0, 0.1) is 11.3 Å². The molecule has 0 aromatic rings. The fourth-order valence-electron chi connectivity index (χ4n) is 2.17. The van der Waals surface area contributed by atoms with Gasteiger partial charge in [-0.3, -0.25) is 4.79 Å². The Morgan fingerprint density at radius 1 is 1.50 bits per heavy atom. The molecule has 1 heterocycles. The van der Waals surface area contributed by atoms with Crippen molar-refractivity contribution in [2.24, 2.45) is 17.1 Å². The normalized spacial score (nSPS) is 27.8. The van der Waals surface area contributed by atoms with Crippen LogP contribution in [0.4, 0.5) is 0 Å². The summed E-state index contributed by atoms with van der Waals surface area (Å²) in [5.74, 6) is 0.657. The molecular formula is C11H20N2O. The van der Waals surface area contributed by atoms with Gasteiger partial charge in [0, 0.05) is 13.1 Å². The number of nitrogens with zero attached hydrogens (tertiary/aromatic N) is 1. The predicted molar refractivity (Wildman–Crippen MR) is 55.7 cm³/mol. The molecule has 2 rings (SSSR count). The van der Waals surface area contributed by atoms with Crippen LogP contribution in [0.5, 0.6) is 0 Å². The molecule has 1 amide bonds. The maximum atomic E-state index is 11.9. The molecule has 2 N–H and O–H groups in total. The van der Waals surface area contributed by atoms with Crippen molar-refractivity contribution in [3.63, 3.8) is 0 Å². The average Bonchev–Trinajstić information content (AvgIpc) is 2.89. The Balaban J connectivity index is 1.92. The first-order chi connectivity index (χ1) is 6.49. The van der Waals surface area contributed by atoms with Gasteiger partial charge in [0.2, 0.25) is 5.91 Å². The Morgan fingerprint density at radius 2 is 2.14 bits per heavy atom. The largest absolute Gasteiger partial charge is 0.341 e. The molecule has 0 aromatic heterocycles. The van der Waals surface area contributed by atoms with Gasteiger partial charge >= 0.3 is 0 Å². The van der Waals surface area contributed by atoms with Crippen LogP contribution >= 0.6 is 0 Å². The van der Waals surface area contributed by atoms with Gasteiger partial charge in [0.05, 0.1) is 6.04 Å². The summed E-state index contributed by atoms with van der Waals surface area (Å²) in [6.07, 6.45) is 3.39. The van der Waals surface area contributed by atoms with Crippen LogP contribution in [0.25, 0.3) is 0 Å². The van der Waals surface area contributed by atoms with Gasteiger partial charge in [-0.25, -0.2) is 0 Å². The summed E-state index contributed by atoms with van der Waals surface area (Å²) in [6.45, 7) is 6.20. The average molecular weight is 196 g/mol. The van der Waals surface area contributed by atoms with E-state index in [2.05, 4.69) is 13.8 Å². The zero-order valence-corrected chi connectivity index (χ0v) is 9.12. The number of carbonyl (C=O) groups excluding carboxylic acids is 1. The Kier molecular flexibility index (Phi) is 2.30. The summed E-state index contributed by atoms with van der Waals surface area (Å²) in [6, 6.07) is -0.219. The second-order valence-electron chi connectivity index (χ2n) is 5.54. The Labute approximate surface area is 85.6 Å². The highest BCUT2D eigenvalue weighted by atomic mass is 16.2. The van der Waals surface area contributed by atoms with Crippen molar-refractivity contribution in [3.8, 4) is 0 Å². The molecule has 0 unspecified atom stereocenters. The molecule has 1 atom stereocenters. The number of carbonyl (C=O) groups is 1. The van der Waals surface area contributed by atoms with E-state index in [1.165, 1.54) is 0 Å². The third-order valence-electron chi connectivity index (χ3n) is 3.40. The second kappa shape index (κ2) is 3.23. The number of likely N-dealkylation sites (tertiary alicyclic amines) is 1. The number of rotatable bonds is 2. The third kappa shape index (κ3) is 1.92. The Bertz CT molecular complexity index is 246. The van der Waals surface area contributed by atoms with Crippen LogP contribution in [0.1, 0.15) is 33.1 Å². The first-order valence-electron chi connectivity index (χ1n) is 5.54.